The molecule has 6 nitrogen and oxygen atoms in total. The minimum atomic E-state index is -0.0412. The summed E-state index contributed by atoms with van der Waals surface area (Å²) in [5.41, 5.74) is 13.0. The number of allylic oxidation sites excluding steroid dienone is 1. The van der Waals surface area contributed by atoms with E-state index >= 15 is 0 Å². The normalized spacial score (nSPS) is 21.5. The molecular weight excluding hydrogens is 601 g/mol. The molecule has 4 unspecified atom stereocenters. The minimum Gasteiger partial charge on any atom is -0.337 e. The van der Waals surface area contributed by atoms with Crippen LogP contribution in [-0.2, 0) is 0 Å². The van der Waals surface area contributed by atoms with Crippen molar-refractivity contribution in [1.82, 2.24) is 9.97 Å². The van der Waals surface area contributed by atoms with E-state index in [1.54, 1.807) is 0 Å². The summed E-state index contributed by atoms with van der Waals surface area (Å²) in [5, 5.41) is 0. The molecule has 4 atom stereocenters. The summed E-state index contributed by atoms with van der Waals surface area (Å²) < 4.78 is 0. The summed E-state index contributed by atoms with van der Waals surface area (Å²) in [6.07, 6.45) is 2.84. The second-order valence-corrected chi connectivity index (χ2v) is 13.7. The minimum absolute atomic E-state index is 0.0255. The monoisotopic (exact) mass is 636 g/mol. The summed E-state index contributed by atoms with van der Waals surface area (Å²) in [6, 6.07) is 46.0. The van der Waals surface area contributed by atoms with E-state index in [0.717, 1.165) is 29.3 Å². The zero-order chi connectivity index (χ0) is 32.8. The van der Waals surface area contributed by atoms with E-state index < -0.39 is 0 Å². The number of rotatable bonds is 2. The fourth-order valence-electron chi connectivity index (χ4n) is 9.06. The number of aromatic nitrogens is 2. The van der Waals surface area contributed by atoms with Crippen LogP contribution in [-0.4, -0.2) is 29.3 Å². The third-order valence-electron chi connectivity index (χ3n) is 11.1. The average Bonchev–Trinajstić information content (AvgIpc) is 3.63. The molecule has 0 bridgehead atoms. The van der Waals surface area contributed by atoms with Crippen molar-refractivity contribution in [2.45, 2.75) is 31.6 Å². The maximum absolute atomic E-state index is 5.32. The van der Waals surface area contributed by atoms with Crippen LogP contribution in [0.15, 0.2) is 140 Å². The molecule has 0 fully saturated rings. The maximum Gasteiger partial charge on any atom is 0.161 e. The lowest BCUT2D eigenvalue weighted by Gasteiger charge is -2.53. The lowest BCUT2D eigenvalue weighted by molar-refractivity contribution is 0.286. The molecule has 10 rings (SSSR count). The molecule has 0 spiro atoms. The predicted molar refractivity (Wildman–Crippen MR) is 200 cm³/mol. The van der Waals surface area contributed by atoms with Gasteiger partial charge in [0.25, 0.3) is 0 Å². The molecule has 0 saturated heterocycles. The summed E-state index contributed by atoms with van der Waals surface area (Å²) >= 11 is 0. The number of hydrogen-bond donors (Lipinski definition) is 0. The first-order valence-electron chi connectivity index (χ1n) is 17.1. The van der Waals surface area contributed by atoms with Crippen LogP contribution in [0.2, 0.25) is 0 Å². The zero-order valence-corrected chi connectivity index (χ0v) is 27.6. The summed E-state index contributed by atoms with van der Waals surface area (Å²) in [5.74, 6) is 2.01. The molecule has 0 amide bonds. The molecule has 0 N–H and O–H groups in total. The van der Waals surface area contributed by atoms with Gasteiger partial charge in [-0.15, -0.1) is 0 Å². The van der Waals surface area contributed by atoms with Crippen LogP contribution in [0.3, 0.4) is 0 Å². The number of aryl methyl sites for hydroxylation is 1. The van der Waals surface area contributed by atoms with Gasteiger partial charge >= 0.3 is 0 Å². The molecule has 5 aromatic carbocycles. The Kier molecular flexibility index (Phi) is 6.07. The number of nitrogens with zero attached hydrogens (tertiary/aromatic N) is 6. The number of hydrogen-bond acceptors (Lipinski definition) is 6. The number of fused-ring (bicyclic) bond motifs is 14. The Hall–Kier alpha value is -5.88. The van der Waals surface area contributed by atoms with Gasteiger partial charge in [-0.25, -0.2) is 9.97 Å². The lowest BCUT2D eigenvalue weighted by atomic mass is 9.71. The first-order chi connectivity index (χ1) is 24.1. The van der Waals surface area contributed by atoms with Gasteiger partial charge in [-0.05, 0) is 66.4 Å². The highest BCUT2D eigenvalue weighted by atomic mass is 15.5. The van der Waals surface area contributed by atoms with Crippen LogP contribution >= 0.6 is 0 Å². The summed E-state index contributed by atoms with van der Waals surface area (Å²) in [6.45, 7) is 6.90. The number of benzene rings is 5. The lowest BCUT2D eigenvalue weighted by Crippen LogP contribution is -2.60. The summed E-state index contributed by atoms with van der Waals surface area (Å²) in [7, 11) is 2.23. The van der Waals surface area contributed by atoms with E-state index in [1.165, 1.54) is 50.7 Å². The zero-order valence-electron chi connectivity index (χ0n) is 27.6. The highest BCUT2D eigenvalue weighted by Crippen LogP contribution is 2.61. The van der Waals surface area contributed by atoms with Crippen LogP contribution in [0.1, 0.15) is 29.0 Å². The standard InChI is InChI=1S/C43H36N6/c1-27-15-7-8-19-31(27)40-44-26-38-41(45-40)46(3)42-39-33(32-20-10-12-22-35(32)49(38)42)25-28(2)30-18-9-11-21-34(30)48-37-24-14-13-23-36(37)47(43(39)48)29-16-5-4-6-17-29/h4-24,26,33,39,42-43H,2,25H2,1,3H3. The highest BCUT2D eigenvalue weighted by molar-refractivity contribution is 5.93. The molecular formula is C43H36N6. The smallest absolute Gasteiger partial charge is 0.161 e. The van der Waals surface area contributed by atoms with Crippen molar-refractivity contribution >= 4 is 45.5 Å². The van der Waals surface area contributed by atoms with Gasteiger partial charge in [-0.2, -0.15) is 0 Å². The molecule has 4 aliphatic heterocycles. The predicted octanol–water partition coefficient (Wildman–Crippen LogP) is 9.81. The molecule has 0 aliphatic carbocycles. The number of para-hydroxylation sites is 5. The molecule has 0 saturated carbocycles. The van der Waals surface area contributed by atoms with Gasteiger partial charge < -0.3 is 19.6 Å². The number of anilines is 7. The second-order valence-electron chi connectivity index (χ2n) is 13.7. The topological polar surface area (TPSA) is 38.7 Å². The largest absolute Gasteiger partial charge is 0.337 e. The van der Waals surface area contributed by atoms with Gasteiger partial charge in [0.2, 0.25) is 0 Å². The Morgan fingerprint density at radius 2 is 1.22 bits per heavy atom. The van der Waals surface area contributed by atoms with Crippen molar-refractivity contribution in [3.63, 3.8) is 0 Å². The Labute approximate surface area is 287 Å². The van der Waals surface area contributed by atoms with Gasteiger partial charge in [0.1, 0.15) is 18.0 Å². The molecule has 0 radical (unpaired) electrons. The van der Waals surface area contributed by atoms with E-state index in [4.69, 9.17) is 16.5 Å². The van der Waals surface area contributed by atoms with Crippen molar-refractivity contribution in [3.8, 4) is 11.4 Å². The second kappa shape index (κ2) is 10.6. The Morgan fingerprint density at radius 1 is 0.612 bits per heavy atom. The van der Waals surface area contributed by atoms with Gasteiger partial charge in [-0.1, -0.05) is 97.6 Å². The van der Waals surface area contributed by atoms with E-state index in [9.17, 15) is 0 Å². The highest BCUT2D eigenvalue weighted by Gasteiger charge is 2.57. The Balaban J connectivity index is 1.25. The van der Waals surface area contributed by atoms with E-state index in [0.29, 0.717) is 0 Å². The SMILES string of the molecule is C=C1CC2c3ccccc3N3c4cnc(-c5ccccc5C)nc4N(C)C3C2C2N(c3ccccc3)c3ccccc3N2c2ccccc21. The molecule has 49 heavy (non-hydrogen) atoms. The Morgan fingerprint density at radius 3 is 2.00 bits per heavy atom. The van der Waals surface area contributed by atoms with Crippen LogP contribution in [0.4, 0.5) is 39.9 Å². The van der Waals surface area contributed by atoms with Crippen molar-refractivity contribution in [2.24, 2.45) is 5.92 Å². The van der Waals surface area contributed by atoms with E-state index in [2.05, 4.69) is 161 Å². The van der Waals surface area contributed by atoms with Gasteiger partial charge in [0.05, 0.1) is 23.3 Å². The van der Waals surface area contributed by atoms with Crippen molar-refractivity contribution < 1.29 is 0 Å². The molecule has 5 heterocycles. The summed E-state index contributed by atoms with van der Waals surface area (Å²) in [4.78, 5) is 20.5. The molecule has 1 aromatic heterocycles. The van der Waals surface area contributed by atoms with Crippen LogP contribution in [0, 0.1) is 12.8 Å². The van der Waals surface area contributed by atoms with Crippen LogP contribution in [0.5, 0.6) is 0 Å². The molecule has 238 valence electrons. The molecule has 6 aromatic rings. The fourth-order valence-corrected chi connectivity index (χ4v) is 9.06. The van der Waals surface area contributed by atoms with E-state index in [-0.39, 0.29) is 24.2 Å². The van der Waals surface area contributed by atoms with Crippen molar-refractivity contribution in [3.05, 3.63) is 157 Å². The van der Waals surface area contributed by atoms with Crippen molar-refractivity contribution in [1.29, 1.82) is 0 Å². The third kappa shape index (κ3) is 3.94. The van der Waals surface area contributed by atoms with Gasteiger partial charge in [0.15, 0.2) is 11.6 Å². The molecule has 6 heteroatoms. The van der Waals surface area contributed by atoms with E-state index in [1.807, 2.05) is 6.20 Å². The third-order valence-corrected chi connectivity index (χ3v) is 11.1. The average molecular weight is 637 g/mol. The molecule has 4 aliphatic rings. The van der Waals surface area contributed by atoms with Crippen LogP contribution in [0.25, 0.3) is 17.0 Å². The Bertz CT molecular complexity index is 2280. The van der Waals surface area contributed by atoms with Gasteiger partial charge in [-0.3, -0.25) is 0 Å². The van der Waals surface area contributed by atoms with Gasteiger partial charge in [0, 0.05) is 41.4 Å². The first-order valence-corrected chi connectivity index (χ1v) is 17.1. The van der Waals surface area contributed by atoms with Crippen molar-refractivity contribution in [2.75, 3.05) is 26.6 Å². The fraction of sp³-hybridized carbons (Fsp3) is 0.163. The quantitative estimate of drug-likeness (QED) is 0.188. The maximum atomic E-state index is 5.32. The van der Waals surface area contributed by atoms with Crippen LogP contribution < -0.4 is 19.6 Å². The first kappa shape index (κ1) is 28.2.